The minimum Gasteiger partial charge on any atom is -0.324 e. The van der Waals surface area contributed by atoms with Crippen LogP contribution in [0.2, 0.25) is 0 Å². The number of anilines is 2. The van der Waals surface area contributed by atoms with Crippen LogP contribution in [0.5, 0.6) is 0 Å². The van der Waals surface area contributed by atoms with Gasteiger partial charge in [0.25, 0.3) is 0 Å². The van der Waals surface area contributed by atoms with Gasteiger partial charge in [0.1, 0.15) is 0 Å². The Morgan fingerprint density at radius 2 is 1.89 bits per heavy atom. The Bertz CT molecular complexity index is 1020. The highest BCUT2D eigenvalue weighted by Gasteiger charge is 2.25. The highest BCUT2D eigenvalue weighted by molar-refractivity contribution is 9.10. The Morgan fingerprint density at radius 1 is 1.21 bits per heavy atom. The molecular weight excluding hydrogens is 464 g/mol. The monoisotopic (exact) mass is 482 g/mol. The third kappa shape index (κ3) is 4.59. The summed E-state index contributed by atoms with van der Waals surface area (Å²) < 4.78 is 26.2. The highest BCUT2D eigenvalue weighted by atomic mass is 79.9. The van der Waals surface area contributed by atoms with Crippen LogP contribution in [0.4, 0.5) is 11.4 Å². The molecule has 2 aromatic carbocycles. The largest absolute Gasteiger partial charge is 0.324 e. The molecule has 0 fully saturated rings. The van der Waals surface area contributed by atoms with Crippen LogP contribution >= 0.6 is 27.7 Å². The molecule has 0 aliphatic carbocycles. The van der Waals surface area contributed by atoms with E-state index in [4.69, 9.17) is 0 Å². The summed E-state index contributed by atoms with van der Waals surface area (Å²) >= 11 is 4.73. The molecule has 1 heterocycles. The van der Waals surface area contributed by atoms with Crippen LogP contribution in [0.1, 0.15) is 13.3 Å². The van der Waals surface area contributed by atoms with Crippen LogP contribution in [0.25, 0.3) is 0 Å². The van der Waals surface area contributed by atoms with Crippen molar-refractivity contribution in [1.29, 1.82) is 0 Å². The molecule has 3 rings (SSSR count). The number of amides is 2. The van der Waals surface area contributed by atoms with Crippen molar-refractivity contribution in [2.75, 3.05) is 23.0 Å². The molecule has 0 aromatic heterocycles. The van der Waals surface area contributed by atoms with Gasteiger partial charge in [-0.1, -0.05) is 15.9 Å². The summed E-state index contributed by atoms with van der Waals surface area (Å²) in [6.07, 6.45) is -0.135. The Hall–Kier alpha value is -1.84. The molecule has 6 nitrogen and oxygen atoms in total. The van der Waals surface area contributed by atoms with E-state index in [1.54, 1.807) is 32.2 Å². The second-order valence-corrected chi connectivity index (χ2v) is 10.8. The zero-order chi connectivity index (χ0) is 20.5. The van der Waals surface area contributed by atoms with E-state index < -0.39 is 9.84 Å². The Kier molecular flexibility index (Phi) is 6.16. The van der Waals surface area contributed by atoms with Gasteiger partial charge in [0.15, 0.2) is 9.84 Å². The molecule has 0 saturated carbocycles. The maximum Gasteiger partial charge on any atom is 0.237 e. The smallest absolute Gasteiger partial charge is 0.237 e. The Balaban J connectivity index is 1.70. The minimum absolute atomic E-state index is 0.0980. The van der Waals surface area contributed by atoms with E-state index in [2.05, 4.69) is 21.2 Å². The number of hydrogen-bond acceptors (Lipinski definition) is 5. The molecule has 0 bridgehead atoms. The third-order valence-electron chi connectivity index (χ3n) is 4.41. The van der Waals surface area contributed by atoms with Crippen LogP contribution in [0, 0.1) is 0 Å². The fraction of sp³-hybridized carbons (Fsp3) is 0.263. The zero-order valence-corrected chi connectivity index (χ0v) is 18.5. The highest BCUT2D eigenvalue weighted by Crippen LogP contribution is 2.36. The molecule has 28 heavy (non-hydrogen) atoms. The van der Waals surface area contributed by atoms with Gasteiger partial charge in [-0.2, -0.15) is 0 Å². The summed E-state index contributed by atoms with van der Waals surface area (Å²) in [6, 6.07) is 11.9. The van der Waals surface area contributed by atoms with Crippen molar-refractivity contribution < 1.29 is 18.0 Å². The lowest BCUT2D eigenvalue weighted by molar-refractivity contribution is -0.118. The molecule has 1 aliphatic heterocycles. The molecule has 0 saturated heterocycles. The van der Waals surface area contributed by atoms with E-state index in [1.165, 1.54) is 28.8 Å². The second kappa shape index (κ2) is 8.26. The number of sulfone groups is 1. The maximum absolute atomic E-state index is 12.7. The van der Waals surface area contributed by atoms with E-state index in [-0.39, 0.29) is 34.1 Å². The molecule has 1 aliphatic rings. The lowest BCUT2D eigenvalue weighted by atomic mass is 10.3. The van der Waals surface area contributed by atoms with Crippen molar-refractivity contribution in [3.63, 3.8) is 0 Å². The first-order valence-corrected chi connectivity index (χ1v) is 11.9. The molecule has 0 unspecified atom stereocenters. The average molecular weight is 483 g/mol. The fourth-order valence-electron chi connectivity index (χ4n) is 2.70. The summed E-state index contributed by atoms with van der Waals surface area (Å²) in [4.78, 5) is 26.6. The summed E-state index contributed by atoms with van der Waals surface area (Å²) in [5.74, 6) is -0.747. The standard InChI is InChI=1S/C19H19BrN2O4S2/c1-12-19(24)21-16-11-15(7-8-17(16)27-12)28(25,26)10-9-18(23)22(2)14-5-3-13(20)4-6-14/h3-8,11-12H,9-10H2,1-2H3,(H,21,24)/t12-/m0/s1. The lowest BCUT2D eigenvalue weighted by Gasteiger charge is -2.22. The number of thioether (sulfide) groups is 1. The predicted molar refractivity (Wildman–Crippen MR) is 115 cm³/mol. The third-order valence-corrected chi connectivity index (χ3v) is 7.83. The molecule has 2 amide bonds. The molecule has 1 atom stereocenters. The summed E-state index contributed by atoms with van der Waals surface area (Å²) in [5.41, 5.74) is 1.18. The number of benzene rings is 2. The van der Waals surface area contributed by atoms with Crippen molar-refractivity contribution in [3.05, 3.63) is 46.9 Å². The minimum atomic E-state index is -3.66. The van der Waals surface area contributed by atoms with Crippen LogP contribution in [0.15, 0.2) is 56.7 Å². The van der Waals surface area contributed by atoms with E-state index in [9.17, 15) is 18.0 Å². The number of fused-ring (bicyclic) bond motifs is 1. The van der Waals surface area contributed by atoms with Gasteiger partial charge in [-0.25, -0.2) is 8.42 Å². The van der Waals surface area contributed by atoms with Crippen molar-refractivity contribution in [1.82, 2.24) is 0 Å². The van der Waals surface area contributed by atoms with Gasteiger partial charge < -0.3 is 10.2 Å². The molecule has 0 radical (unpaired) electrons. The molecule has 2 aromatic rings. The van der Waals surface area contributed by atoms with Crippen LogP contribution in [0.3, 0.4) is 0 Å². The van der Waals surface area contributed by atoms with Crippen LogP contribution < -0.4 is 10.2 Å². The quantitative estimate of drug-likeness (QED) is 0.701. The van der Waals surface area contributed by atoms with Crippen molar-refractivity contribution in [2.24, 2.45) is 0 Å². The molecule has 9 heteroatoms. The van der Waals surface area contributed by atoms with Crippen molar-refractivity contribution >= 4 is 60.7 Å². The second-order valence-electron chi connectivity index (χ2n) is 6.41. The van der Waals surface area contributed by atoms with Gasteiger partial charge >= 0.3 is 0 Å². The number of hydrogen-bond donors (Lipinski definition) is 1. The Labute approximate surface area is 176 Å². The van der Waals surface area contributed by atoms with Crippen LogP contribution in [-0.2, 0) is 19.4 Å². The van der Waals surface area contributed by atoms with Gasteiger partial charge in [-0.3, -0.25) is 9.59 Å². The molecule has 0 spiro atoms. The maximum atomic E-state index is 12.7. The molecule has 148 valence electrons. The fourth-order valence-corrected chi connectivity index (χ4v) is 5.14. The number of halogens is 1. The zero-order valence-electron chi connectivity index (χ0n) is 15.3. The van der Waals surface area contributed by atoms with E-state index >= 15 is 0 Å². The molecule has 1 N–H and O–H groups in total. The first-order valence-electron chi connectivity index (χ1n) is 8.54. The Morgan fingerprint density at radius 3 is 2.57 bits per heavy atom. The van der Waals surface area contributed by atoms with Crippen LogP contribution in [-0.4, -0.2) is 38.3 Å². The summed E-state index contributed by atoms with van der Waals surface area (Å²) in [7, 11) is -2.04. The van der Waals surface area contributed by atoms with E-state index in [0.717, 1.165) is 9.37 Å². The van der Waals surface area contributed by atoms with Gasteiger partial charge in [0.05, 0.1) is 21.6 Å². The van der Waals surface area contributed by atoms with Gasteiger partial charge in [-0.05, 0) is 49.4 Å². The SMILES string of the molecule is C[C@@H]1Sc2ccc(S(=O)(=O)CCC(=O)N(C)c3ccc(Br)cc3)cc2NC1=O. The molecular formula is C19H19BrN2O4S2. The number of carbonyl (C=O) groups is 2. The first kappa shape index (κ1) is 20.9. The van der Waals surface area contributed by atoms with E-state index in [0.29, 0.717) is 11.4 Å². The summed E-state index contributed by atoms with van der Waals surface area (Å²) in [5, 5.41) is 2.51. The predicted octanol–water partition coefficient (Wildman–Crippen LogP) is 3.71. The normalized spacial score (nSPS) is 16.2. The van der Waals surface area contributed by atoms with Gasteiger partial charge in [0, 0.05) is 28.5 Å². The topological polar surface area (TPSA) is 83.6 Å². The van der Waals surface area contributed by atoms with Crippen molar-refractivity contribution in [2.45, 2.75) is 28.4 Å². The van der Waals surface area contributed by atoms with Crippen molar-refractivity contribution in [3.8, 4) is 0 Å². The van der Waals surface area contributed by atoms with E-state index in [1.807, 2.05) is 12.1 Å². The number of nitrogens with one attached hydrogen (secondary N) is 1. The number of rotatable bonds is 5. The summed E-state index contributed by atoms with van der Waals surface area (Å²) in [6.45, 7) is 1.79. The lowest BCUT2D eigenvalue weighted by Crippen LogP contribution is -2.28. The number of nitrogens with zero attached hydrogens (tertiary/aromatic N) is 1. The first-order chi connectivity index (χ1) is 13.2. The van der Waals surface area contributed by atoms with Gasteiger partial charge in [-0.15, -0.1) is 11.8 Å². The number of carbonyl (C=O) groups excluding carboxylic acids is 2. The van der Waals surface area contributed by atoms with Gasteiger partial charge in [0.2, 0.25) is 11.8 Å². The average Bonchev–Trinajstić information content (AvgIpc) is 2.66.